The van der Waals surface area contributed by atoms with Crippen molar-refractivity contribution in [2.45, 2.75) is 6.54 Å². The van der Waals surface area contributed by atoms with Gasteiger partial charge in [0.15, 0.2) is 0 Å². The maximum Gasteiger partial charge on any atom is 0.413 e. The van der Waals surface area contributed by atoms with Gasteiger partial charge in [0.05, 0.1) is 12.6 Å². The van der Waals surface area contributed by atoms with Gasteiger partial charge in [-0.1, -0.05) is 11.6 Å². The Bertz CT molecular complexity index is 1060. The molecule has 10 heteroatoms. The van der Waals surface area contributed by atoms with E-state index in [1.54, 1.807) is 0 Å². The second kappa shape index (κ2) is 7.47. The third-order valence-electron chi connectivity index (χ3n) is 3.98. The van der Waals surface area contributed by atoms with Crippen molar-refractivity contribution >= 4 is 34.4 Å². The Kier molecular flexibility index (Phi) is 5.09. The van der Waals surface area contributed by atoms with Crippen molar-refractivity contribution in [1.82, 2.24) is 14.5 Å². The van der Waals surface area contributed by atoms with E-state index in [0.29, 0.717) is 11.1 Å². The number of amides is 1. The zero-order chi connectivity index (χ0) is 19.6. The Hall–Kier alpha value is -3.38. The summed E-state index contributed by atoms with van der Waals surface area (Å²) in [6.07, 6.45) is -0.123. The monoisotopic (exact) mass is 389 g/mol. The third-order valence-corrected chi connectivity index (χ3v) is 4.18. The van der Waals surface area contributed by atoms with E-state index in [0.717, 1.165) is 11.2 Å². The molecule has 0 aliphatic carbocycles. The van der Waals surface area contributed by atoms with Gasteiger partial charge in [0.1, 0.15) is 40.6 Å². The van der Waals surface area contributed by atoms with Gasteiger partial charge in [-0.3, -0.25) is 4.90 Å². The largest absolute Gasteiger partial charge is 0.496 e. The summed E-state index contributed by atoms with van der Waals surface area (Å²) in [5.74, 6) is -0.0471. The summed E-state index contributed by atoms with van der Waals surface area (Å²) in [4.78, 5) is 20.2. The normalized spacial score (nSPS) is 10.6. The number of ether oxygens (including phenoxy) is 1. The fraction of sp³-hybridized carbons (Fsp3) is 0.176. The molecule has 1 amide bonds. The topological polar surface area (TPSA) is 104 Å². The first kappa shape index (κ1) is 18.4. The van der Waals surface area contributed by atoms with Gasteiger partial charge in [-0.25, -0.2) is 19.2 Å². The minimum Gasteiger partial charge on any atom is -0.496 e. The van der Waals surface area contributed by atoms with Gasteiger partial charge in [-0.2, -0.15) is 5.26 Å². The molecule has 0 aliphatic rings. The van der Waals surface area contributed by atoms with Gasteiger partial charge < -0.3 is 14.4 Å². The molecular weight excluding hydrogens is 377 g/mol. The van der Waals surface area contributed by atoms with E-state index in [9.17, 15) is 19.6 Å². The lowest BCUT2D eigenvalue weighted by atomic mass is 10.2. The van der Waals surface area contributed by atoms with Crippen LogP contribution in [-0.4, -0.2) is 39.4 Å². The summed E-state index contributed by atoms with van der Waals surface area (Å²) in [6, 6.07) is 7.50. The van der Waals surface area contributed by atoms with Crippen LogP contribution in [0.15, 0.2) is 30.6 Å². The lowest BCUT2D eigenvalue weighted by Crippen LogP contribution is -2.33. The number of carbonyl (C=O) groups is 1. The molecule has 0 radical (unpaired) electrons. The maximum absolute atomic E-state index is 14.4. The molecule has 0 saturated heterocycles. The minimum absolute atomic E-state index is 0.0183. The van der Waals surface area contributed by atoms with Crippen molar-refractivity contribution in [1.29, 1.82) is 5.26 Å². The first-order chi connectivity index (χ1) is 13.0. The summed E-state index contributed by atoms with van der Waals surface area (Å²) >= 11 is 5.79. The number of rotatable bonds is 5. The summed E-state index contributed by atoms with van der Waals surface area (Å²) < 4.78 is 21.0. The van der Waals surface area contributed by atoms with Gasteiger partial charge in [0.2, 0.25) is 0 Å². The zero-order valence-electron chi connectivity index (χ0n) is 14.1. The highest BCUT2D eigenvalue weighted by Gasteiger charge is 2.20. The fourth-order valence-electron chi connectivity index (χ4n) is 2.79. The van der Waals surface area contributed by atoms with Crippen LogP contribution in [0.1, 0.15) is 5.69 Å². The van der Waals surface area contributed by atoms with E-state index < -0.39 is 11.9 Å². The van der Waals surface area contributed by atoms with Crippen molar-refractivity contribution in [3.63, 3.8) is 0 Å². The summed E-state index contributed by atoms with van der Waals surface area (Å²) in [5.41, 5.74) is 0.344. The molecule has 0 bridgehead atoms. The molecule has 2 aromatic heterocycles. The van der Waals surface area contributed by atoms with Gasteiger partial charge in [-0.15, -0.1) is 0 Å². The van der Waals surface area contributed by atoms with Gasteiger partial charge in [0, 0.05) is 24.5 Å². The Morgan fingerprint density at radius 1 is 1.44 bits per heavy atom. The van der Waals surface area contributed by atoms with Crippen LogP contribution in [0.5, 0.6) is 5.75 Å². The first-order valence-corrected chi connectivity index (χ1v) is 8.08. The standard InChI is InChI=1S/C17H13ClFN5O3/c1-27-13-3-2-12(19)16-11(13)6-10(8-20)23(16)4-5-24(17(25)26)15-7-14(18)21-9-22-15/h2-3,6-7,9H,4-5H2,1H3,(H,25,26). The van der Waals surface area contributed by atoms with Crippen LogP contribution in [0.25, 0.3) is 10.9 Å². The SMILES string of the molecule is COc1ccc(F)c2c1cc(C#N)n2CCN(C(=O)O)c1cc(Cl)ncn1. The predicted octanol–water partition coefficient (Wildman–Crippen LogP) is 3.29. The van der Waals surface area contributed by atoms with E-state index in [-0.39, 0.29) is 35.3 Å². The number of anilines is 1. The van der Waals surface area contributed by atoms with Crippen LogP contribution < -0.4 is 9.64 Å². The molecule has 3 aromatic rings. The van der Waals surface area contributed by atoms with Crippen LogP contribution in [0.2, 0.25) is 5.15 Å². The van der Waals surface area contributed by atoms with E-state index in [1.807, 2.05) is 6.07 Å². The molecule has 138 valence electrons. The van der Waals surface area contributed by atoms with Crippen LogP contribution in [0.4, 0.5) is 15.0 Å². The number of carboxylic acid groups (broad SMARTS) is 1. The third kappa shape index (κ3) is 3.47. The molecule has 1 N–H and O–H groups in total. The molecule has 0 unspecified atom stereocenters. The Labute approximate surface area is 158 Å². The fourth-order valence-corrected chi connectivity index (χ4v) is 2.94. The highest BCUT2D eigenvalue weighted by molar-refractivity contribution is 6.29. The molecule has 0 saturated carbocycles. The number of halogens is 2. The smallest absolute Gasteiger partial charge is 0.413 e. The molecule has 3 rings (SSSR count). The van der Waals surface area contributed by atoms with Crippen LogP contribution in [0, 0.1) is 17.1 Å². The average molecular weight is 390 g/mol. The average Bonchev–Trinajstić information content (AvgIpc) is 3.02. The van der Waals surface area contributed by atoms with Crippen molar-refractivity contribution in [2.75, 3.05) is 18.6 Å². The van der Waals surface area contributed by atoms with E-state index >= 15 is 0 Å². The number of methoxy groups -OCH3 is 1. The van der Waals surface area contributed by atoms with Crippen LogP contribution in [-0.2, 0) is 6.54 Å². The summed E-state index contributed by atoms with van der Waals surface area (Å²) in [7, 11) is 1.45. The number of nitrogens with zero attached hydrogens (tertiary/aromatic N) is 5. The molecule has 27 heavy (non-hydrogen) atoms. The molecule has 0 atom stereocenters. The lowest BCUT2D eigenvalue weighted by molar-refractivity contribution is 0.201. The van der Waals surface area contributed by atoms with Gasteiger partial charge in [0.25, 0.3) is 0 Å². The molecule has 0 aliphatic heterocycles. The molecular formula is C17H13ClFN5O3. The highest BCUT2D eigenvalue weighted by atomic mass is 35.5. The number of benzene rings is 1. The van der Waals surface area contributed by atoms with Gasteiger partial charge >= 0.3 is 6.09 Å². The van der Waals surface area contributed by atoms with E-state index in [1.165, 1.54) is 35.9 Å². The molecule has 0 fully saturated rings. The maximum atomic E-state index is 14.4. The van der Waals surface area contributed by atoms with E-state index in [4.69, 9.17) is 16.3 Å². The van der Waals surface area contributed by atoms with Crippen LogP contribution in [0.3, 0.4) is 0 Å². The van der Waals surface area contributed by atoms with Crippen molar-refractivity contribution < 1.29 is 19.0 Å². The second-order valence-electron chi connectivity index (χ2n) is 5.44. The molecule has 0 spiro atoms. The van der Waals surface area contributed by atoms with Crippen molar-refractivity contribution in [2.24, 2.45) is 0 Å². The van der Waals surface area contributed by atoms with Gasteiger partial charge in [-0.05, 0) is 18.2 Å². The quantitative estimate of drug-likeness (QED) is 0.671. The predicted molar refractivity (Wildman–Crippen MR) is 95.6 cm³/mol. The minimum atomic E-state index is -1.27. The Balaban J connectivity index is 2.01. The molecule has 1 aromatic carbocycles. The number of hydrogen-bond donors (Lipinski definition) is 1. The first-order valence-electron chi connectivity index (χ1n) is 7.70. The lowest BCUT2D eigenvalue weighted by Gasteiger charge is -2.19. The number of hydrogen-bond acceptors (Lipinski definition) is 5. The van der Waals surface area contributed by atoms with E-state index in [2.05, 4.69) is 9.97 Å². The number of fused-ring (bicyclic) bond motifs is 1. The number of nitriles is 1. The van der Waals surface area contributed by atoms with Crippen molar-refractivity contribution in [3.8, 4) is 11.8 Å². The molecule has 8 nitrogen and oxygen atoms in total. The Morgan fingerprint density at radius 3 is 2.85 bits per heavy atom. The molecule has 2 heterocycles. The zero-order valence-corrected chi connectivity index (χ0v) is 14.8. The number of aromatic nitrogens is 3. The van der Waals surface area contributed by atoms with Crippen molar-refractivity contribution in [3.05, 3.63) is 47.3 Å². The van der Waals surface area contributed by atoms with Crippen LogP contribution >= 0.6 is 11.6 Å². The second-order valence-corrected chi connectivity index (χ2v) is 5.83. The summed E-state index contributed by atoms with van der Waals surface area (Å²) in [5, 5.41) is 19.4. The Morgan fingerprint density at radius 2 is 2.22 bits per heavy atom. The summed E-state index contributed by atoms with van der Waals surface area (Å²) in [6.45, 7) is -0.0673. The highest BCUT2D eigenvalue weighted by Crippen LogP contribution is 2.31.